The van der Waals surface area contributed by atoms with E-state index in [2.05, 4.69) is 17.2 Å². The van der Waals surface area contributed by atoms with Crippen molar-refractivity contribution in [2.45, 2.75) is 32.6 Å². The second-order valence-electron chi connectivity index (χ2n) is 6.34. The first-order valence-corrected chi connectivity index (χ1v) is 8.70. The average Bonchev–Trinajstić information content (AvgIpc) is 2.89. The highest BCUT2D eigenvalue weighted by atomic mass is 16.1. The minimum absolute atomic E-state index is 0.122. The Morgan fingerprint density at radius 2 is 1.92 bits per heavy atom. The maximum atomic E-state index is 12.4. The summed E-state index contributed by atoms with van der Waals surface area (Å²) in [5, 5.41) is 2.92. The third-order valence-corrected chi connectivity index (χ3v) is 4.46. The fraction of sp³-hybridized carbons (Fsp3) is 0.300. The van der Waals surface area contributed by atoms with Crippen LogP contribution in [-0.2, 0) is 13.5 Å². The number of nitrogen functional groups attached to an aromatic ring is 1. The molecular formula is C20H24N4O. The van der Waals surface area contributed by atoms with E-state index >= 15 is 0 Å². The minimum atomic E-state index is -0.122. The average molecular weight is 336 g/mol. The highest BCUT2D eigenvalue weighted by molar-refractivity contribution is 6.05. The first-order valence-electron chi connectivity index (χ1n) is 8.70. The lowest BCUT2D eigenvalue weighted by atomic mass is 10.1. The number of nitrogens with one attached hydrogen (secondary N) is 1. The van der Waals surface area contributed by atoms with E-state index in [-0.39, 0.29) is 5.91 Å². The topological polar surface area (TPSA) is 72.9 Å². The number of carbonyl (C=O) groups is 1. The molecule has 0 aliphatic carbocycles. The van der Waals surface area contributed by atoms with E-state index in [4.69, 9.17) is 5.73 Å². The molecule has 5 heteroatoms. The molecule has 1 heterocycles. The van der Waals surface area contributed by atoms with Crippen LogP contribution in [0.2, 0.25) is 0 Å². The van der Waals surface area contributed by atoms with Crippen molar-refractivity contribution in [2.24, 2.45) is 7.05 Å². The normalized spacial score (nSPS) is 11.0. The van der Waals surface area contributed by atoms with Crippen molar-refractivity contribution in [3.8, 4) is 0 Å². The molecule has 0 unspecified atom stereocenters. The number of nitrogens with two attached hydrogens (primary N) is 1. The van der Waals surface area contributed by atoms with Crippen molar-refractivity contribution in [2.75, 3.05) is 11.1 Å². The van der Waals surface area contributed by atoms with Gasteiger partial charge in [0.05, 0.1) is 11.0 Å². The number of amides is 1. The van der Waals surface area contributed by atoms with Crippen LogP contribution in [0.25, 0.3) is 11.0 Å². The van der Waals surface area contributed by atoms with Crippen molar-refractivity contribution in [3.63, 3.8) is 0 Å². The van der Waals surface area contributed by atoms with E-state index in [0.717, 1.165) is 17.5 Å². The molecule has 3 rings (SSSR count). The summed E-state index contributed by atoms with van der Waals surface area (Å²) in [6, 6.07) is 13.4. The molecule has 0 bridgehead atoms. The molecule has 0 radical (unpaired) electrons. The fourth-order valence-electron chi connectivity index (χ4n) is 2.90. The lowest BCUT2D eigenvalue weighted by Gasteiger charge is -2.07. The van der Waals surface area contributed by atoms with Gasteiger partial charge in [-0.15, -0.1) is 0 Å². The van der Waals surface area contributed by atoms with E-state index in [0.29, 0.717) is 17.2 Å². The molecule has 0 spiro atoms. The molecule has 0 fully saturated rings. The molecule has 130 valence electrons. The Balaban J connectivity index is 1.69. The number of nitrogens with zero attached hydrogens (tertiary/aromatic N) is 2. The number of hydrogen-bond donors (Lipinski definition) is 2. The number of carbonyl (C=O) groups excluding carboxylic acids is 1. The Morgan fingerprint density at radius 1 is 1.16 bits per heavy atom. The summed E-state index contributed by atoms with van der Waals surface area (Å²) < 4.78 is 1.82. The summed E-state index contributed by atoms with van der Waals surface area (Å²) in [5.41, 5.74) is 10.2. The van der Waals surface area contributed by atoms with Crippen molar-refractivity contribution >= 4 is 28.6 Å². The van der Waals surface area contributed by atoms with Crippen molar-refractivity contribution in [1.82, 2.24) is 9.55 Å². The molecule has 3 aromatic rings. The van der Waals surface area contributed by atoms with E-state index in [9.17, 15) is 4.79 Å². The van der Waals surface area contributed by atoms with Gasteiger partial charge in [0.25, 0.3) is 5.91 Å². The Kier molecular flexibility index (Phi) is 5.03. The van der Waals surface area contributed by atoms with Gasteiger partial charge in [0.2, 0.25) is 5.95 Å². The molecule has 3 N–H and O–H groups in total. The van der Waals surface area contributed by atoms with Gasteiger partial charge in [0.1, 0.15) is 0 Å². The number of fused-ring (bicyclic) bond motifs is 1. The van der Waals surface area contributed by atoms with Crippen LogP contribution in [0.1, 0.15) is 42.1 Å². The van der Waals surface area contributed by atoms with Crippen molar-refractivity contribution in [1.29, 1.82) is 0 Å². The Hall–Kier alpha value is -2.82. The van der Waals surface area contributed by atoms with E-state index in [1.54, 1.807) is 0 Å². The highest BCUT2D eigenvalue weighted by Crippen LogP contribution is 2.21. The Labute approximate surface area is 147 Å². The third kappa shape index (κ3) is 3.82. The number of hydrogen-bond acceptors (Lipinski definition) is 3. The zero-order chi connectivity index (χ0) is 17.8. The van der Waals surface area contributed by atoms with Crippen molar-refractivity contribution < 1.29 is 4.79 Å². The third-order valence-electron chi connectivity index (χ3n) is 4.46. The van der Waals surface area contributed by atoms with Crippen LogP contribution in [0.3, 0.4) is 0 Å². The van der Waals surface area contributed by atoms with E-state index in [1.807, 2.05) is 54.1 Å². The van der Waals surface area contributed by atoms with E-state index < -0.39 is 0 Å². The van der Waals surface area contributed by atoms with Gasteiger partial charge in [-0.3, -0.25) is 4.79 Å². The second kappa shape index (κ2) is 7.38. The second-order valence-corrected chi connectivity index (χ2v) is 6.34. The molecule has 0 aliphatic heterocycles. The largest absolute Gasteiger partial charge is 0.369 e. The summed E-state index contributed by atoms with van der Waals surface area (Å²) in [6.07, 6.45) is 4.71. The van der Waals surface area contributed by atoms with Gasteiger partial charge < -0.3 is 15.6 Å². The molecule has 5 nitrogen and oxygen atoms in total. The van der Waals surface area contributed by atoms with Crippen LogP contribution in [0.4, 0.5) is 11.6 Å². The molecule has 0 atom stereocenters. The van der Waals surface area contributed by atoms with Gasteiger partial charge >= 0.3 is 0 Å². The first kappa shape index (κ1) is 17.0. The van der Waals surface area contributed by atoms with E-state index in [1.165, 1.54) is 24.8 Å². The number of anilines is 2. The summed E-state index contributed by atoms with van der Waals surface area (Å²) in [6.45, 7) is 2.20. The molecule has 1 aromatic heterocycles. The molecule has 2 aromatic carbocycles. The number of aryl methyl sites for hydroxylation is 2. The van der Waals surface area contributed by atoms with Crippen LogP contribution in [0.5, 0.6) is 0 Å². The molecular weight excluding hydrogens is 312 g/mol. The summed E-state index contributed by atoms with van der Waals surface area (Å²) in [4.78, 5) is 16.7. The van der Waals surface area contributed by atoms with Crippen LogP contribution in [0, 0.1) is 0 Å². The lowest BCUT2D eigenvalue weighted by Crippen LogP contribution is -2.11. The quantitative estimate of drug-likeness (QED) is 0.664. The molecule has 0 aliphatic rings. The zero-order valence-electron chi connectivity index (χ0n) is 14.7. The summed E-state index contributed by atoms with van der Waals surface area (Å²) in [7, 11) is 1.87. The molecule has 1 amide bonds. The predicted molar refractivity (Wildman–Crippen MR) is 103 cm³/mol. The maximum absolute atomic E-state index is 12.4. The van der Waals surface area contributed by atoms with Crippen molar-refractivity contribution in [3.05, 3.63) is 53.6 Å². The van der Waals surface area contributed by atoms with Gasteiger partial charge in [-0.05, 0) is 48.7 Å². The maximum Gasteiger partial charge on any atom is 0.255 e. The van der Waals surface area contributed by atoms with Gasteiger partial charge in [0, 0.05) is 18.3 Å². The first-order chi connectivity index (χ1) is 12.1. The minimum Gasteiger partial charge on any atom is -0.369 e. The lowest BCUT2D eigenvalue weighted by molar-refractivity contribution is 0.102. The number of unbranched alkanes of at least 4 members (excludes halogenated alkanes) is 2. The smallest absolute Gasteiger partial charge is 0.255 e. The number of imidazole rings is 1. The number of aromatic nitrogens is 2. The number of benzene rings is 2. The van der Waals surface area contributed by atoms with Crippen LogP contribution >= 0.6 is 0 Å². The molecule has 0 saturated heterocycles. The fourth-order valence-corrected chi connectivity index (χ4v) is 2.90. The standard InChI is InChI=1S/C20H24N4O/c1-3-4-5-6-14-7-9-15(10-8-14)19(25)22-16-11-12-18-17(13-16)23-20(21)24(18)2/h7-13H,3-6H2,1-2H3,(H2,21,23)(H,22,25). The molecule has 0 saturated carbocycles. The van der Waals surface area contributed by atoms with Gasteiger partial charge in [-0.1, -0.05) is 31.9 Å². The van der Waals surface area contributed by atoms with Crippen LogP contribution < -0.4 is 11.1 Å². The van der Waals surface area contributed by atoms with Gasteiger partial charge in [0.15, 0.2) is 0 Å². The highest BCUT2D eigenvalue weighted by Gasteiger charge is 2.09. The summed E-state index contributed by atoms with van der Waals surface area (Å²) in [5.74, 6) is 0.334. The zero-order valence-corrected chi connectivity index (χ0v) is 14.7. The monoisotopic (exact) mass is 336 g/mol. The number of rotatable bonds is 6. The SMILES string of the molecule is CCCCCc1ccc(C(=O)Nc2ccc3c(c2)nc(N)n3C)cc1. The molecule has 25 heavy (non-hydrogen) atoms. The van der Waals surface area contributed by atoms with Gasteiger partial charge in [-0.2, -0.15) is 0 Å². The van der Waals surface area contributed by atoms with Gasteiger partial charge in [-0.25, -0.2) is 4.98 Å². The Bertz CT molecular complexity index is 881. The van der Waals surface area contributed by atoms with Crippen LogP contribution in [-0.4, -0.2) is 15.5 Å². The van der Waals surface area contributed by atoms with Crippen LogP contribution in [0.15, 0.2) is 42.5 Å². The summed E-state index contributed by atoms with van der Waals surface area (Å²) >= 11 is 0. The predicted octanol–water partition coefficient (Wildman–Crippen LogP) is 4.14. The Morgan fingerprint density at radius 3 is 2.64 bits per heavy atom.